The van der Waals surface area contributed by atoms with Crippen LogP contribution in [0.4, 0.5) is 5.69 Å². The second-order valence-corrected chi connectivity index (χ2v) is 5.86. The van der Waals surface area contributed by atoms with Crippen LogP contribution in [0.15, 0.2) is 6.07 Å². The maximum absolute atomic E-state index is 12.3. The van der Waals surface area contributed by atoms with Gasteiger partial charge < -0.3 is 0 Å². The zero-order valence-corrected chi connectivity index (χ0v) is 12.5. The maximum atomic E-state index is 12.3. The Balaban J connectivity index is 3.81. The van der Waals surface area contributed by atoms with Gasteiger partial charge >= 0.3 is 0 Å². The Morgan fingerprint density at radius 3 is 1.74 bits per heavy atom. The molecular weight excluding hydrogens is 242 g/mol. The predicted octanol–water partition coefficient (Wildman–Crippen LogP) is 5.11. The van der Waals surface area contributed by atoms with E-state index in [1.165, 1.54) is 6.07 Å². The lowest BCUT2D eigenvalue weighted by atomic mass is 9.84. The number of rotatable bonds is 4. The van der Waals surface area contributed by atoms with Crippen LogP contribution in [-0.2, 0) is 5.11 Å². The van der Waals surface area contributed by atoms with Crippen molar-refractivity contribution in [3.05, 3.63) is 32.9 Å². The fourth-order valence-electron chi connectivity index (χ4n) is 2.53. The molecule has 0 fully saturated rings. The fraction of sp³-hybridized carbons (Fsp3) is 0.600. The summed E-state index contributed by atoms with van der Waals surface area (Å²) in [6.45, 7) is 11.4. The van der Waals surface area contributed by atoms with Gasteiger partial charge in [0.2, 0.25) is 0 Å². The smallest absolute Gasteiger partial charge is 0.276 e. The van der Waals surface area contributed by atoms with Crippen molar-refractivity contribution in [2.45, 2.75) is 59.3 Å². The van der Waals surface area contributed by atoms with Crippen LogP contribution < -0.4 is 0 Å². The van der Waals surface area contributed by atoms with Gasteiger partial charge in [-0.15, -0.1) is 0 Å². The van der Waals surface area contributed by atoms with Gasteiger partial charge in [-0.25, -0.2) is 0 Å². The molecule has 4 heteroatoms. The van der Waals surface area contributed by atoms with E-state index in [9.17, 15) is 15.2 Å². The lowest BCUT2D eigenvalue weighted by molar-refractivity contribution is -0.386. The highest BCUT2D eigenvalue weighted by atomic mass is 16.6. The molecule has 0 atom stereocenters. The second kappa shape index (κ2) is 5.59. The monoisotopic (exact) mass is 264 g/mol. The average molecular weight is 264 g/mol. The standard InChI is InChI=1S/C15H22NO3/c1-8(2)11-7-12(17)13(9(3)4)14(10(5)6)15(11)16(18)19/h7-10H,1-6H3. The molecule has 1 radical (unpaired) electrons. The van der Waals surface area contributed by atoms with Gasteiger partial charge in [-0.2, -0.15) is 0 Å². The molecule has 0 bridgehead atoms. The number of nitrogens with zero attached hydrogens (tertiary/aromatic N) is 1. The first-order valence-electron chi connectivity index (χ1n) is 6.70. The molecular formula is C15H22NO3. The van der Waals surface area contributed by atoms with E-state index < -0.39 is 0 Å². The number of nitro groups is 1. The molecule has 0 heterocycles. The Labute approximate surface area is 114 Å². The van der Waals surface area contributed by atoms with Gasteiger partial charge in [-0.1, -0.05) is 41.5 Å². The van der Waals surface area contributed by atoms with Gasteiger partial charge in [0.25, 0.3) is 5.69 Å². The summed E-state index contributed by atoms with van der Waals surface area (Å²) in [5.41, 5.74) is 1.87. The third kappa shape index (κ3) is 2.88. The zero-order chi connectivity index (χ0) is 14.9. The Bertz CT molecular complexity index is 491. The minimum Gasteiger partial charge on any atom is -0.290 e. The maximum Gasteiger partial charge on any atom is 0.276 e. The number of nitro benzene ring substituents is 1. The summed E-state index contributed by atoms with van der Waals surface area (Å²) >= 11 is 0. The molecule has 0 N–H and O–H groups in total. The molecule has 0 amide bonds. The van der Waals surface area contributed by atoms with Gasteiger partial charge in [0.1, 0.15) is 0 Å². The molecule has 1 aromatic rings. The lowest BCUT2D eigenvalue weighted by Gasteiger charge is -2.20. The minimum atomic E-state index is -0.337. The molecule has 1 rings (SSSR count). The summed E-state index contributed by atoms with van der Waals surface area (Å²) in [5.74, 6) is -0.158. The summed E-state index contributed by atoms with van der Waals surface area (Å²) in [6, 6.07) is 1.45. The van der Waals surface area contributed by atoms with Gasteiger partial charge in [0, 0.05) is 16.7 Å². The van der Waals surface area contributed by atoms with Gasteiger partial charge in [0.15, 0.2) is 5.75 Å². The summed E-state index contributed by atoms with van der Waals surface area (Å²) in [6.07, 6.45) is 0. The lowest BCUT2D eigenvalue weighted by Crippen LogP contribution is -2.08. The Kier molecular flexibility index (Phi) is 4.56. The van der Waals surface area contributed by atoms with Crippen molar-refractivity contribution in [2.75, 3.05) is 0 Å². The van der Waals surface area contributed by atoms with Crippen LogP contribution in [0.3, 0.4) is 0 Å². The van der Waals surface area contributed by atoms with E-state index >= 15 is 0 Å². The second-order valence-electron chi connectivity index (χ2n) is 5.86. The molecule has 1 aromatic carbocycles. The Morgan fingerprint density at radius 1 is 0.947 bits per heavy atom. The van der Waals surface area contributed by atoms with Crippen LogP contribution in [0.25, 0.3) is 0 Å². The Morgan fingerprint density at radius 2 is 1.42 bits per heavy atom. The first-order chi connectivity index (χ1) is 8.68. The summed E-state index contributed by atoms with van der Waals surface area (Å²) in [4.78, 5) is 11.1. The van der Waals surface area contributed by atoms with Crippen molar-refractivity contribution in [1.82, 2.24) is 0 Å². The quantitative estimate of drug-likeness (QED) is 0.560. The van der Waals surface area contributed by atoms with Crippen molar-refractivity contribution in [3.63, 3.8) is 0 Å². The molecule has 0 aliphatic rings. The first-order valence-corrected chi connectivity index (χ1v) is 6.70. The van der Waals surface area contributed by atoms with E-state index in [-0.39, 0.29) is 34.1 Å². The highest BCUT2D eigenvalue weighted by Crippen LogP contribution is 2.44. The molecule has 0 aliphatic carbocycles. The van der Waals surface area contributed by atoms with E-state index in [1.807, 2.05) is 41.5 Å². The van der Waals surface area contributed by atoms with Gasteiger partial charge in [-0.3, -0.25) is 15.2 Å². The normalized spacial score (nSPS) is 11.6. The SMILES string of the molecule is CC(C)c1cc([O])c(C(C)C)c(C(C)C)c1[N+](=O)[O-]. The van der Waals surface area contributed by atoms with E-state index in [1.54, 1.807) is 0 Å². The predicted molar refractivity (Wildman–Crippen MR) is 75.5 cm³/mol. The number of benzene rings is 1. The van der Waals surface area contributed by atoms with Crippen LogP contribution >= 0.6 is 0 Å². The molecule has 0 saturated heterocycles. The molecule has 19 heavy (non-hydrogen) atoms. The van der Waals surface area contributed by atoms with Crippen molar-refractivity contribution >= 4 is 5.69 Å². The zero-order valence-electron chi connectivity index (χ0n) is 12.5. The van der Waals surface area contributed by atoms with Crippen LogP contribution in [-0.4, -0.2) is 4.92 Å². The van der Waals surface area contributed by atoms with Gasteiger partial charge in [-0.05, 0) is 23.8 Å². The Hall–Kier alpha value is -1.58. The molecule has 0 aromatic heterocycles. The number of hydrogen-bond donors (Lipinski definition) is 0. The van der Waals surface area contributed by atoms with Crippen molar-refractivity contribution in [1.29, 1.82) is 0 Å². The average Bonchev–Trinajstić information content (AvgIpc) is 2.25. The van der Waals surface area contributed by atoms with Crippen LogP contribution in [0.1, 0.15) is 76.0 Å². The van der Waals surface area contributed by atoms with Crippen molar-refractivity contribution < 1.29 is 10.0 Å². The van der Waals surface area contributed by atoms with Gasteiger partial charge in [0.05, 0.1) is 4.92 Å². The topological polar surface area (TPSA) is 63.0 Å². The fourth-order valence-corrected chi connectivity index (χ4v) is 2.53. The van der Waals surface area contributed by atoms with Crippen LogP contribution in [0.5, 0.6) is 5.75 Å². The highest BCUT2D eigenvalue weighted by molar-refractivity contribution is 5.60. The highest BCUT2D eigenvalue weighted by Gasteiger charge is 2.30. The third-order valence-corrected chi connectivity index (χ3v) is 3.33. The van der Waals surface area contributed by atoms with Crippen molar-refractivity contribution in [2.24, 2.45) is 0 Å². The van der Waals surface area contributed by atoms with Crippen LogP contribution in [0.2, 0.25) is 0 Å². The summed E-state index contributed by atoms with van der Waals surface area (Å²) in [5, 5.41) is 23.7. The summed E-state index contributed by atoms with van der Waals surface area (Å²) in [7, 11) is 0. The largest absolute Gasteiger partial charge is 0.290 e. The molecule has 0 spiro atoms. The first kappa shape index (κ1) is 15.5. The van der Waals surface area contributed by atoms with E-state index in [4.69, 9.17) is 0 Å². The molecule has 0 aliphatic heterocycles. The van der Waals surface area contributed by atoms with E-state index in [0.717, 1.165) is 0 Å². The van der Waals surface area contributed by atoms with E-state index in [2.05, 4.69) is 0 Å². The van der Waals surface area contributed by atoms with Crippen LogP contribution in [0, 0.1) is 10.1 Å². The third-order valence-electron chi connectivity index (χ3n) is 3.33. The molecule has 4 nitrogen and oxygen atoms in total. The van der Waals surface area contributed by atoms with Crippen molar-refractivity contribution in [3.8, 4) is 5.75 Å². The van der Waals surface area contributed by atoms with E-state index in [0.29, 0.717) is 16.7 Å². The summed E-state index contributed by atoms with van der Waals surface area (Å²) < 4.78 is 0. The number of hydrogen-bond acceptors (Lipinski definition) is 2. The minimum absolute atomic E-state index is 0.00943. The molecule has 0 saturated carbocycles. The molecule has 0 unspecified atom stereocenters. The molecule has 105 valence electrons.